The van der Waals surface area contributed by atoms with Gasteiger partial charge in [0.25, 0.3) is 0 Å². The van der Waals surface area contributed by atoms with E-state index >= 15 is 4.39 Å². The second-order valence-electron chi connectivity index (χ2n) is 15.4. The molecule has 3 heterocycles. The Bertz CT molecular complexity index is 2270. The van der Waals surface area contributed by atoms with Crippen LogP contribution in [0, 0.1) is 35.7 Å². The average molecular weight is 940 g/mol. The Morgan fingerprint density at radius 3 is 2.27 bits per heavy atom. The van der Waals surface area contributed by atoms with Gasteiger partial charge in [-0.1, -0.05) is 66.3 Å². The summed E-state index contributed by atoms with van der Waals surface area (Å²) >= 11 is -0.197. The van der Waals surface area contributed by atoms with Gasteiger partial charge >= 0.3 is 99.8 Å². The molecule has 0 spiro atoms. The minimum atomic E-state index is -1.72. The molecule has 3 aromatic heterocycles. The fraction of sp³-hybridized carbons (Fsp3) is 0.261. The molecule has 3 fully saturated rings. The largest absolute Gasteiger partial charge is 0 e. The van der Waals surface area contributed by atoms with Crippen molar-refractivity contribution in [3.8, 4) is 33.6 Å². The Kier molecular flexibility index (Phi) is 11.2. The number of rotatable bonds is 6. The van der Waals surface area contributed by atoms with Gasteiger partial charge in [0.05, 0.1) is 4.70 Å². The summed E-state index contributed by atoms with van der Waals surface area (Å²) < 4.78 is 18.4. The standard InChI is InChI=1S/C32H27FNS.C14H16GeN.Ir/c33-29-18-26(22-4-2-1-3-5-22)17-28-27-11-10-24(19-31(27)35-32(28)29)30-16-21(12-13-34-30)15-25-14-20-6-8-23(25)9-7-20;1-15(2,3)13-9-10-14(16-11-13)12-7-5-4-6-8-12;/h1-5,11-13,16-20,23,25H,6-9,14-15H2;4-7,9-11H,1-3H3;/q2*-1;. The van der Waals surface area contributed by atoms with Crippen molar-refractivity contribution in [2.24, 2.45) is 17.8 Å². The number of thiophene rings is 1. The molecule has 4 aromatic carbocycles. The molecule has 0 aliphatic heterocycles. The van der Waals surface area contributed by atoms with Gasteiger partial charge in [0.2, 0.25) is 0 Å². The monoisotopic (exact) mass is 941 g/mol. The van der Waals surface area contributed by atoms with Crippen LogP contribution in [0.3, 0.4) is 0 Å². The van der Waals surface area contributed by atoms with Gasteiger partial charge in [-0.3, -0.25) is 0 Å². The van der Waals surface area contributed by atoms with Crippen LogP contribution in [0.15, 0.2) is 116 Å². The summed E-state index contributed by atoms with van der Waals surface area (Å²) in [7, 11) is 0. The van der Waals surface area contributed by atoms with E-state index in [4.69, 9.17) is 0 Å². The molecule has 52 heavy (non-hydrogen) atoms. The van der Waals surface area contributed by atoms with Crippen LogP contribution in [-0.2, 0) is 26.5 Å². The van der Waals surface area contributed by atoms with Crippen molar-refractivity contribution < 1.29 is 24.5 Å². The van der Waals surface area contributed by atoms with Gasteiger partial charge in [0.1, 0.15) is 5.82 Å². The molecule has 0 saturated heterocycles. The smallest absolute Gasteiger partial charge is 0 e. The third-order valence-corrected chi connectivity index (χ3v) is 16.4. The predicted molar refractivity (Wildman–Crippen MR) is 216 cm³/mol. The first-order valence-corrected chi connectivity index (χ1v) is 26.5. The summed E-state index contributed by atoms with van der Waals surface area (Å²) in [5.74, 6) is 9.67. The van der Waals surface area contributed by atoms with Gasteiger partial charge in [-0.2, -0.15) is 11.3 Å². The van der Waals surface area contributed by atoms with E-state index in [-0.39, 0.29) is 25.9 Å². The van der Waals surface area contributed by atoms with E-state index < -0.39 is 13.3 Å². The predicted octanol–water partition coefficient (Wildman–Crippen LogP) is 12.2. The molecule has 10 rings (SSSR count). The van der Waals surface area contributed by atoms with Crippen LogP contribution in [0.25, 0.3) is 53.8 Å². The van der Waals surface area contributed by atoms with Gasteiger partial charge in [0.15, 0.2) is 0 Å². The summed E-state index contributed by atoms with van der Waals surface area (Å²) in [6, 6.07) is 41.3. The van der Waals surface area contributed by atoms with E-state index in [2.05, 4.69) is 75.8 Å². The Hall–Kier alpha value is -3.48. The zero-order chi connectivity index (χ0) is 35.0. The number of aromatic nitrogens is 2. The second kappa shape index (κ2) is 15.9. The Morgan fingerprint density at radius 2 is 1.58 bits per heavy atom. The summed E-state index contributed by atoms with van der Waals surface area (Å²) in [6.07, 6.45) is 12.3. The molecular formula is C46H43FGeIrN2S-2. The molecule has 7 aromatic rings. The van der Waals surface area contributed by atoms with E-state index in [0.29, 0.717) is 4.70 Å². The topological polar surface area (TPSA) is 25.8 Å². The number of nitrogens with zero attached hydrogens (tertiary/aromatic N) is 2. The van der Waals surface area contributed by atoms with Gasteiger partial charge in [0, 0.05) is 26.3 Å². The first-order valence-electron chi connectivity index (χ1n) is 18.3. The summed E-state index contributed by atoms with van der Waals surface area (Å²) in [5, 5.41) is 2.01. The summed E-state index contributed by atoms with van der Waals surface area (Å²) in [6.45, 7) is 0. The second-order valence-corrected chi connectivity index (χ2v) is 27.1. The number of halogens is 1. The first-order chi connectivity index (χ1) is 24.8. The molecule has 0 N–H and O–H groups in total. The van der Waals surface area contributed by atoms with E-state index in [1.165, 1.54) is 53.4 Å². The van der Waals surface area contributed by atoms with Crippen LogP contribution in [0.5, 0.6) is 0 Å². The van der Waals surface area contributed by atoms with Crippen LogP contribution in [0.1, 0.15) is 37.7 Å². The molecule has 0 amide bonds. The van der Waals surface area contributed by atoms with E-state index in [1.54, 1.807) is 6.07 Å². The Morgan fingerprint density at radius 1 is 0.769 bits per heavy atom. The maximum atomic E-state index is 15.1. The number of hydrogen-bond acceptors (Lipinski definition) is 3. The minimum Gasteiger partial charge on any atom is 0 e. The molecule has 3 aliphatic carbocycles. The van der Waals surface area contributed by atoms with Crippen LogP contribution in [0.4, 0.5) is 4.39 Å². The third-order valence-electron chi connectivity index (χ3n) is 11.0. The van der Waals surface area contributed by atoms with Crippen molar-refractivity contribution in [1.29, 1.82) is 0 Å². The molecule has 2 nitrogen and oxygen atoms in total. The normalized spacial score (nSPS) is 18.1. The van der Waals surface area contributed by atoms with Gasteiger partial charge in [-0.25, -0.2) is 4.39 Å². The number of benzene rings is 4. The molecule has 1 atom stereocenters. The van der Waals surface area contributed by atoms with Crippen molar-refractivity contribution in [1.82, 2.24) is 9.97 Å². The van der Waals surface area contributed by atoms with Crippen molar-refractivity contribution in [3.05, 3.63) is 139 Å². The van der Waals surface area contributed by atoms with Crippen LogP contribution in [-0.4, -0.2) is 23.2 Å². The molecular weight excluding hydrogens is 896 g/mol. The molecule has 1 radical (unpaired) electrons. The zero-order valence-electron chi connectivity index (χ0n) is 30.0. The molecule has 265 valence electrons. The van der Waals surface area contributed by atoms with E-state index in [0.717, 1.165) is 73.3 Å². The summed E-state index contributed by atoms with van der Waals surface area (Å²) in [4.78, 5) is 9.21. The maximum Gasteiger partial charge on any atom is 0 e. The first kappa shape index (κ1) is 36.9. The van der Waals surface area contributed by atoms with Crippen molar-refractivity contribution in [3.63, 3.8) is 0 Å². The van der Waals surface area contributed by atoms with Crippen molar-refractivity contribution in [2.45, 2.75) is 55.8 Å². The number of pyridine rings is 2. The van der Waals surface area contributed by atoms with E-state index in [1.807, 2.05) is 73.1 Å². The molecule has 3 saturated carbocycles. The van der Waals surface area contributed by atoms with Crippen molar-refractivity contribution >= 4 is 49.2 Å². The minimum absolute atomic E-state index is 0. The van der Waals surface area contributed by atoms with Crippen LogP contribution >= 0.6 is 11.3 Å². The molecule has 3 aliphatic rings. The zero-order valence-corrected chi connectivity index (χ0v) is 35.3. The quantitative estimate of drug-likeness (QED) is 0.123. The Balaban J connectivity index is 0.000000209. The van der Waals surface area contributed by atoms with Gasteiger partial charge in [-0.05, 0) is 82.5 Å². The maximum absolute atomic E-state index is 15.1. The number of hydrogen-bond donors (Lipinski definition) is 0. The average Bonchev–Trinajstić information content (AvgIpc) is 3.55. The fourth-order valence-electron chi connectivity index (χ4n) is 8.09. The summed E-state index contributed by atoms with van der Waals surface area (Å²) in [5.41, 5.74) is 7.35. The third kappa shape index (κ3) is 8.04. The van der Waals surface area contributed by atoms with E-state index in [9.17, 15) is 0 Å². The SMILES string of the molecule is Fc1cc(-c2ccccc2)cc2c1sc1cc(-c3cc(CC4CC5CCC4CC5)ccn3)[c-]cc12.[CH3][Ge]([CH3])([CH3])[c]1ccc(-c2[c-]cccc2)nc1.[Ir]. The number of fused-ring (bicyclic) bond motifs is 6. The van der Waals surface area contributed by atoms with Gasteiger partial charge in [-0.15, -0.1) is 23.8 Å². The molecule has 1 unspecified atom stereocenters. The van der Waals surface area contributed by atoms with Crippen molar-refractivity contribution in [2.75, 3.05) is 0 Å². The van der Waals surface area contributed by atoms with Gasteiger partial charge < -0.3 is 4.98 Å². The van der Waals surface area contributed by atoms with Crippen LogP contribution in [0.2, 0.25) is 17.3 Å². The fourth-order valence-corrected chi connectivity index (χ4v) is 11.4. The molecule has 2 bridgehead atoms. The van der Waals surface area contributed by atoms with Crippen LogP contribution < -0.4 is 4.40 Å². The Labute approximate surface area is 327 Å². The molecule has 6 heteroatoms.